The van der Waals surface area contributed by atoms with E-state index in [1.54, 1.807) is 13.0 Å². The van der Waals surface area contributed by atoms with Gasteiger partial charge in [-0.3, -0.25) is 0 Å². The maximum absolute atomic E-state index is 12.9. The van der Waals surface area contributed by atoms with Crippen molar-refractivity contribution in [2.45, 2.75) is 64.6 Å². The Morgan fingerprint density at radius 3 is 2.61 bits per heavy atom. The molecule has 0 unspecified atom stereocenters. The van der Waals surface area contributed by atoms with Crippen molar-refractivity contribution in [3.63, 3.8) is 0 Å². The molecule has 1 aromatic heterocycles. The summed E-state index contributed by atoms with van der Waals surface area (Å²) in [6.45, 7) is 8.54. The molecule has 178 valence electrons. The number of benzene rings is 1. The molecule has 3 rings (SSSR count). The van der Waals surface area contributed by atoms with Crippen LogP contribution >= 0.6 is 0 Å². The lowest BCUT2D eigenvalue weighted by molar-refractivity contribution is -0.168. The second kappa shape index (κ2) is 10.8. The van der Waals surface area contributed by atoms with Crippen LogP contribution in [0.5, 0.6) is 0 Å². The van der Waals surface area contributed by atoms with Crippen molar-refractivity contribution in [1.82, 2.24) is 0 Å². The van der Waals surface area contributed by atoms with E-state index in [2.05, 4.69) is 32.9 Å². The van der Waals surface area contributed by atoms with Crippen LogP contribution < -0.4 is 0 Å². The zero-order valence-corrected chi connectivity index (χ0v) is 19.8. The average molecular weight is 455 g/mol. The SMILES string of the molecule is CCOC(=O)/C=C/c1ccc([C@H](O)C(=O)O[C@@H]2C[C@H](C)CC[C@H]2C(C)(C)c2ccccc2)o1. The molecule has 1 aliphatic rings. The van der Waals surface area contributed by atoms with Crippen LogP contribution in [0.25, 0.3) is 6.08 Å². The summed E-state index contributed by atoms with van der Waals surface area (Å²) < 4.78 is 16.2. The highest BCUT2D eigenvalue weighted by atomic mass is 16.6. The zero-order chi connectivity index (χ0) is 24.0. The number of carbonyl (C=O) groups excluding carboxylic acids is 2. The third-order valence-electron chi connectivity index (χ3n) is 6.58. The third-order valence-corrected chi connectivity index (χ3v) is 6.58. The van der Waals surface area contributed by atoms with E-state index < -0.39 is 18.0 Å². The van der Waals surface area contributed by atoms with Crippen LogP contribution in [0.1, 0.15) is 70.1 Å². The minimum absolute atomic E-state index is 0.0752. The molecule has 0 amide bonds. The van der Waals surface area contributed by atoms with E-state index in [1.807, 2.05) is 18.2 Å². The maximum Gasteiger partial charge on any atom is 0.343 e. The van der Waals surface area contributed by atoms with Crippen LogP contribution in [-0.2, 0) is 24.5 Å². The van der Waals surface area contributed by atoms with Crippen LogP contribution in [-0.4, -0.2) is 29.8 Å². The normalized spacial score (nSPS) is 22.2. The van der Waals surface area contributed by atoms with Gasteiger partial charge in [-0.1, -0.05) is 57.5 Å². The van der Waals surface area contributed by atoms with E-state index in [9.17, 15) is 14.7 Å². The predicted octanol–water partition coefficient (Wildman–Crippen LogP) is 5.22. The monoisotopic (exact) mass is 454 g/mol. The van der Waals surface area contributed by atoms with Crippen LogP contribution in [0.15, 0.2) is 53.0 Å². The highest BCUT2D eigenvalue weighted by Gasteiger charge is 2.42. The van der Waals surface area contributed by atoms with Gasteiger partial charge in [0.15, 0.2) is 0 Å². The molecule has 6 heteroatoms. The van der Waals surface area contributed by atoms with Gasteiger partial charge in [0.2, 0.25) is 6.10 Å². The van der Waals surface area contributed by atoms with Crippen LogP contribution in [0.2, 0.25) is 0 Å². The van der Waals surface area contributed by atoms with E-state index in [0.29, 0.717) is 11.7 Å². The second-order valence-electron chi connectivity index (χ2n) is 9.32. The Labute approximate surface area is 195 Å². The van der Waals surface area contributed by atoms with Gasteiger partial charge < -0.3 is 19.0 Å². The highest BCUT2D eigenvalue weighted by Crippen LogP contribution is 2.44. The Kier molecular flexibility index (Phi) is 8.14. The Bertz CT molecular complexity index is 958. The first-order valence-electron chi connectivity index (χ1n) is 11.6. The molecule has 1 saturated carbocycles. The molecular formula is C27H34O6. The summed E-state index contributed by atoms with van der Waals surface area (Å²) in [5, 5.41) is 10.6. The number of furan rings is 1. The number of hydrogen-bond donors (Lipinski definition) is 1. The molecule has 1 aromatic carbocycles. The maximum atomic E-state index is 12.9. The number of aliphatic hydroxyl groups is 1. The van der Waals surface area contributed by atoms with Crippen molar-refractivity contribution >= 4 is 18.0 Å². The van der Waals surface area contributed by atoms with Crippen LogP contribution in [0, 0.1) is 11.8 Å². The second-order valence-corrected chi connectivity index (χ2v) is 9.32. The van der Waals surface area contributed by atoms with Gasteiger partial charge in [0.1, 0.15) is 17.6 Å². The lowest BCUT2D eigenvalue weighted by Crippen LogP contribution is -2.44. The molecule has 0 spiro atoms. The van der Waals surface area contributed by atoms with Crippen molar-refractivity contribution in [3.05, 3.63) is 65.6 Å². The topological polar surface area (TPSA) is 86.0 Å². The summed E-state index contributed by atoms with van der Waals surface area (Å²) in [6.07, 6.45) is 3.60. The lowest BCUT2D eigenvalue weighted by Gasteiger charge is -2.44. The van der Waals surface area contributed by atoms with E-state index in [1.165, 1.54) is 23.8 Å². The zero-order valence-electron chi connectivity index (χ0n) is 19.8. The highest BCUT2D eigenvalue weighted by molar-refractivity contribution is 5.86. The van der Waals surface area contributed by atoms with Crippen molar-refractivity contribution in [3.8, 4) is 0 Å². The van der Waals surface area contributed by atoms with Crippen LogP contribution in [0.3, 0.4) is 0 Å². The Morgan fingerprint density at radius 2 is 1.91 bits per heavy atom. The Morgan fingerprint density at radius 1 is 1.18 bits per heavy atom. The molecule has 33 heavy (non-hydrogen) atoms. The van der Waals surface area contributed by atoms with Gasteiger partial charge in [-0.25, -0.2) is 9.59 Å². The summed E-state index contributed by atoms with van der Waals surface area (Å²) in [4.78, 5) is 24.3. The molecule has 1 heterocycles. The minimum atomic E-state index is -1.53. The molecule has 2 aromatic rings. The first-order chi connectivity index (χ1) is 15.7. The molecule has 0 aliphatic heterocycles. The fraction of sp³-hybridized carbons (Fsp3) is 0.481. The van der Waals surface area contributed by atoms with Crippen molar-refractivity contribution in [1.29, 1.82) is 0 Å². The van der Waals surface area contributed by atoms with Crippen molar-refractivity contribution in [2.24, 2.45) is 11.8 Å². The summed E-state index contributed by atoms with van der Waals surface area (Å²) in [5.41, 5.74) is 1.02. The Balaban J connectivity index is 1.71. The lowest BCUT2D eigenvalue weighted by atomic mass is 9.64. The molecule has 0 radical (unpaired) electrons. The summed E-state index contributed by atoms with van der Waals surface area (Å²) >= 11 is 0. The van der Waals surface area contributed by atoms with E-state index in [-0.39, 0.29) is 29.8 Å². The van der Waals surface area contributed by atoms with Crippen molar-refractivity contribution in [2.75, 3.05) is 6.61 Å². The standard InChI is InChI=1S/C27H34O6/c1-5-31-24(28)16-13-20-12-15-22(32-20)25(29)26(30)33-23-17-18(2)11-14-21(23)27(3,4)19-9-7-6-8-10-19/h6-10,12-13,15-16,18,21,23,25,29H,5,11,14,17H2,1-4H3/b16-13+/t18-,21-,23-,25+/m1/s1. The predicted molar refractivity (Wildman–Crippen MR) is 125 cm³/mol. The van der Waals surface area contributed by atoms with Crippen molar-refractivity contribution < 1.29 is 28.6 Å². The van der Waals surface area contributed by atoms with Gasteiger partial charge in [-0.05, 0) is 54.9 Å². The number of carbonyl (C=O) groups is 2. The summed E-state index contributed by atoms with van der Waals surface area (Å²) in [7, 11) is 0. The molecule has 0 saturated heterocycles. The quantitative estimate of drug-likeness (QED) is 0.435. The fourth-order valence-electron chi connectivity index (χ4n) is 4.64. The summed E-state index contributed by atoms with van der Waals surface area (Å²) in [5.74, 6) is -0.240. The van der Waals surface area contributed by atoms with E-state index >= 15 is 0 Å². The molecule has 1 fully saturated rings. The summed E-state index contributed by atoms with van der Waals surface area (Å²) in [6, 6.07) is 13.4. The number of ether oxygens (including phenoxy) is 2. The molecule has 1 N–H and O–H groups in total. The minimum Gasteiger partial charge on any atom is -0.463 e. The first kappa shape index (κ1) is 24.8. The number of aliphatic hydroxyl groups excluding tert-OH is 1. The first-order valence-corrected chi connectivity index (χ1v) is 11.6. The molecule has 1 aliphatic carbocycles. The van der Waals surface area contributed by atoms with Gasteiger partial charge in [-0.2, -0.15) is 0 Å². The van der Waals surface area contributed by atoms with Gasteiger partial charge in [-0.15, -0.1) is 0 Å². The molecule has 6 nitrogen and oxygen atoms in total. The molecular weight excluding hydrogens is 420 g/mol. The number of rotatable bonds is 8. The molecule has 0 bridgehead atoms. The van der Waals surface area contributed by atoms with Gasteiger partial charge in [0.25, 0.3) is 0 Å². The smallest absolute Gasteiger partial charge is 0.343 e. The van der Waals surface area contributed by atoms with E-state index in [4.69, 9.17) is 13.9 Å². The number of hydrogen-bond acceptors (Lipinski definition) is 6. The van der Waals surface area contributed by atoms with Crippen LogP contribution in [0.4, 0.5) is 0 Å². The fourth-order valence-corrected chi connectivity index (χ4v) is 4.64. The van der Waals surface area contributed by atoms with E-state index in [0.717, 1.165) is 19.3 Å². The largest absolute Gasteiger partial charge is 0.463 e. The van der Waals surface area contributed by atoms with Gasteiger partial charge in [0.05, 0.1) is 6.61 Å². The van der Waals surface area contributed by atoms with Gasteiger partial charge >= 0.3 is 11.9 Å². The van der Waals surface area contributed by atoms with Gasteiger partial charge in [0, 0.05) is 12.0 Å². The number of esters is 2. The average Bonchev–Trinajstić information content (AvgIpc) is 3.27. The molecule has 4 atom stereocenters. The third kappa shape index (κ3) is 6.14. The Hall–Kier alpha value is -2.86.